The standard InChI is InChI=1S/C23H19N3O/c1-23(2,3)22-13-18(19(14-24)15-25)12-20(27-22)8-6-16-7-9-21-17(11-16)5-4-10-26-21/h4-13H,1-3H3. The first-order valence-corrected chi connectivity index (χ1v) is 8.60. The maximum absolute atomic E-state index is 9.21. The fourth-order valence-electron chi connectivity index (χ4n) is 2.65. The van der Waals surface area contributed by atoms with Crippen LogP contribution in [0.5, 0.6) is 0 Å². The van der Waals surface area contributed by atoms with Crippen LogP contribution in [0.1, 0.15) is 26.3 Å². The van der Waals surface area contributed by atoms with Crippen molar-refractivity contribution < 1.29 is 4.74 Å². The number of benzene rings is 1. The van der Waals surface area contributed by atoms with Crippen molar-refractivity contribution in [2.75, 3.05) is 0 Å². The van der Waals surface area contributed by atoms with Gasteiger partial charge in [-0.05, 0) is 42.0 Å². The Morgan fingerprint density at radius 3 is 2.56 bits per heavy atom. The maximum atomic E-state index is 9.21. The molecule has 4 nitrogen and oxygen atoms in total. The normalized spacial score (nSPS) is 14.2. The van der Waals surface area contributed by atoms with Gasteiger partial charge in [0.1, 0.15) is 29.2 Å². The summed E-state index contributed by atoms with van der Waals surface area (Å²) in [6.07, 6.45) is 9.05. The predicted molar refractivity (Wildman–Crippen MR) is 106 cm³/mol. The summed E-state index contributed by atoms with van der Waals surface area (Å²) >= 11 is 0. The van der Waals surface area contributed by atoms with E-state index in [9.17, 15) is 10.5 Å². The molecule has 0 radical (unpaired) electrons. The lowest BCUT2D eigenvalue weighted by molar-refractivity contribution is 0.223. The topological polar surface area (TPSA) is 69.7 Å². The Morgan fingerprint density at radius 1 is 1.07 bits per heavy atom. The second kappa shape index (κ2) is 7.32. The summed E-state index contributed by atoms with van der Waals surface area (Å²) in [5.74, 6) is 1.30. The summed E-state index contributed by atoms with van der Waals surface area (Å²) < 4.78 is 6.00. The van der Waals surface area contributed by atoms with Crippen LogP contribution in [0.25, 0.3) is 17.0 Å². The van der Waals surface area contributed by atoms with Gasteiger partial charge in [0.15, 0.2) is 0 Å². The van der Waals surface area contributed by atoms with Gasteiger partial charge >= 0.3 is 0 Å². The Labute approximate surface area is 159 Å². The van der Waals surface area contributed by atoms with Crippen LogP contribution in [0.15, 0.2) is 77.4 Å². The molecule has 0 amide bonds. The van der Waals surface area contributed by atoms with Crippen LogP contribution in [0.2, 0.25) is 0 Å². The fourth-order valence-corrected chi connectivity index (χ4v) is 2.65. The third kappa shape index (κ3) is 4.14. The van der Waals surface area contributed by atoms with E-state index < -0.39 is 0 Å². The number of pyridine rings is 1. The highest BCUT2D eigenvalue weighted by molar-refractivity contribution is 5.81. The van der Waals surface area contributed by atoms with E-state index in [1.54, 1.807) is 18.3 Å². The molecule has 2 heterocycles. The highest BCUT2D eigenvalue weighted by Crippen LogP contribution is 2.34. The number of fused-ring (bicyclic) bond motifs is 1. The molecule has 132 valence electrons. The van der Waals surface area contributed by atoms with Gasteiger partial charge in [0.2, 0.25) is 0 Å². The molecule has 0 saturated carbocycles. The number of nitriles is 2. The molecule has 1 aliphatic rings. The Balaban J connectivity index is 1.97. The zero-order valence-electron chi connectivity index (χ0n) is 15.5. The minimum atomic E-state index is -0.247. The number of rotatable bonds is 2. The minimum absolute atomic E-state index is 0.0720. The third-order valence-electron chi connectivity index (χ3n) is 4.13. The Morgan fingerprint density at radius 2 is 1.85 bits per heavy atom. The summed E-state index contributed by atoms with van der Waals surface area (Å²) in [5, 5.41) is 19.5. The maximum Gasteiger partial charge on any atom is 0.137 e. The van der Waals surface area contributed by atoms with Gasteiger partial charge in [-0.2, -0.15) is 10.5 Å². The average Bonchev–Trinajstić information content (AvgIpc) is 2.66. The molecular weight excluding hydrogens is 334 g/mol. The average molecular weight is 353 g/mol. The number of ether oxygens (including phenoxy) is 1. The molecule has 2 aromatic rings. The second-order valence-electron chi connectivity index (χ2n) is 7.25. The van der Waals surface area contributed by atoms with Gasteiger partial charge in [0, 0.05) is 22.6 Å². The molecule has 27 heavy (non-hydrogen) atoms. The molecule has 1 aliphatic heterocycles. The molecule has 0 atom stereocenters. The van der Waals surface area contributed by atoms with E-state index in [0.29, 0.717) is 17.1 Å². The van der Waals surface area contributed by atoms with Gasteiger partial charge in [-0.3, -0.25) is 4.98 Å². The van der Waals surface area contributed by atoms with E-state index in [-0.39, 0.29) is 11.0 Å². The van der Waals surface area contributed by atoms with Crippen LogP contribution < -0.4 is 0 Å². The van der Waals surface area contributed by atoms with Crippen molar-refractivity contribution >= 4 is 17.0 Å². The molecule has 0 fully saturated rings. The summed E-state index contributed by atoms with van der Waals surface area (Å²) in [5.41, 5.74) is 2.35. The second-order valence-corrected chi connectivity index (χ2v) is 7.25. The van der Waals surface area contributed by atoms with Crippen LogP contribution in [0, 0.1) is 28.1 Å². The number of nitrogens with zero attached hydrogens (tertiary/aromatic N) is 3. The van der Waals surface area contributed by atoms with Gasteiger partial charge in [-0.25, -0.2) is 0 Å². The summed E-state index contributed by atoms with van der Waals surface area (Å²) in [6.45, 7) is 6.08. The van der Waals surface area contributed by atoms with E-state index in [1.165, 1.54) is 0 Å². The first-order chi connectivity index (χ1) is 12.9. The fraction of sp³-hybridized carbons (Fsp3) is 0.174. The smallest absolute Gasteiger partial charge is 0.137 e. The number of allylic oxidation sites excluding steroid dienone is 6. The molecule has 0 saturated heterocycles. The Hall–Kier alpha value is -3.63. The van der Waals surface area contributed by atoms with Crippen molar-refractivity contribution in [1.29, 1.82) is 10.5 Å². The number of aromatic nitrogens is 1. The van der Waals surface area contributed by atoms with E-state index in [1.807, 2.05) is 69.3 Å². The molecule has 0 N–H and O–H groups in total. The van der Waals surface area contributed by atoms with Crippen molar-refractivity contribution in [3.8, 4) is 12.1 Å². The summed E-state index contributed by atoms with van der Waals surface area (Å²) in [7, 11) is 0. The largest absolute Gasteiger partial charge is 0.461 e. The lowest BCUT2D eigenvalue weighted by atomic mass is 9.90. The first kappa shape index (κ1) is 18.2. The first-order valence-electron chi connectivity index (χ1n) is 8.60. The summed E-state index contributed by atoms with van der Waals surface area (Å²) in [6, 6.07) is 13.8. The molecule has 0 bridgehead atoms. The van der Waals surface area contributed by atoms with Crippen LogP contribution in [0.4, 0.5) is 0 Å². The SMILES string of the molecule is CC(C)(C)C1=CC(=C(C#N)C#N)C=C(C=Cc2ccc3ncccc3c2)O1. The van der Waals surface area contributed by atoms with Gasteiger partial charge in [-0.15, -0.1) is 0 Å². The van der Waals surface area contributed by atoms with Gasteiger partial charge in [0.05, 0.1) is 5.52 Å². The van der Waals surface area contributed by atoms with Crippen LogP contribution >= 0.6 is 0 Å². The van der Waals surface area contributed by atoms with E-state index in [4.69, 9.17) is 4.74 Å². The zero-order valence-corrected chi connectivity index (χ0v) is 15.5. The molecular formula is C23H19N3O. The molecule has 0 spiro atoms. The molecule has 0 aliphatic carbocycles. The van der Waals surface area contributed by atoms with E-state index in [0.717, 1.165) is 16.5 Å². The number of hydrogen-bond acceptors (Lipinski definition) is 4. The lowest BCUT2D eigenvalue weighted by Crippen LogP contribution is -2.15. The molecule has 4 heteroatoms. The van der Waals surface area contributed by atoms with Crippen molar-refractivity contribution in [3.05, 3.63) is 83.0 Å². The van der Waals surface area contributed by atoms with Gasteiger partial charge < -0.3 is 4.74 Å². The molecule has 1 aromatic heterocycles. The van der Waals surface area contributed by atoms with Crippen molar-refractivity contribution in [1.82, 2.24) is 4.98 Å². The third-order valence-corrected chi connectivity index (χ3v) is 4.13. The van der Waals surface area contributed by atoms with Crippen molar-refractivity contribution in [2.24, 2.45) is 5.41 Å². The van der Waals surface area contributed by atoms with Crippen LogP contribution in [-0.4, -0.2) is 4.98 Å². The lowest BCUT2D eigenvalue weighted by Gasteiger charge is -2.26. The zero-order chi connectivity index (χ0) is 19.4. The van der Waals surface area contributed by atoms with Crippen molar-refractivity contribution in [2.45, 2.75) is 20.8 Å². The highest BCUT2D eigenvalue weighted by Gasteiger charge is 2.23. The predicted octanol–water partition coefficient (Wildman–Crippen LogP) is 5.44. The van der Waals surface area contributed by atoms with Gasteiger partial charge in [-0.1, -0.05) is 39.0 Å². The van der Waals surface area contributed by atoms with Crippen LogP contribution in [0.3, 0.4) is 0 Å². The molecule has 3 rings (SSSR count). The Kier molecular flexibility index (Phi) is 4.92. The van der Waals surface area contributed by atoms with E-state index >= 15 is 0 Å². The van der Waals surface area contributed by atoms with Crippen LogP contribution in [-0.2, 0) is 4.74 Å². The quantitative estimate of drug-likeness (QED) is 0.674. The van der Waals surface area contributed by atoms with Crippen molar-refractivity contribution in [3.63, 3.8) is 0 Å². The van der Waals surface area contributed by atoms with E-state index in [2.05, 4.69) is 11.1 Å². The monoisotopic (exact) mass is 353 g/mol. The minimum Gasteiger partial charge on any atom is -0.461 e. The van der Waals surface area contributed by atoms with Gasteiger partial charge in [0.25, 0.3) is 0 Å². The summed E-state index contributed by atoms with van der Waals surface area (Å²) in [4.78, 5) is 4.32. The molecule has 0 unspecified atom stereocenters. The Bertz CT molecular complexity index is 1080. The molecule has 1 aromatic carbocycles. The number of hydrogen-bond donors (Lipinski definition) is 0. The highest BCUT2D eigenvalue weighted by atomic mass is 16.5.